The highest BCUT2D eigenvalue weighted by molar-refractivity contribution is 5.95. The van der Waals surface area contributed by atoms with E-state index in [2.05, 4.69) is 0 Å². The van der Waals surface area contributed by atoms with Gasteiger partial charge >= 0.3 is 11.6 Å². The summed E-state index contributed by atoms with van der Waals surface area (Å²) >= 11 is 0. The van der Waals surface area contributed by atoms with Crippen LogP contribution >= 0.6 is 0 Å². The molecular weight excluding hydrogens is 264 g/mol. The Labute approximate surface area is 113 Å². The molecule has 7 nitrogen and oxygen atoms in total. The summed E-state index contributed by atoms with van der Waals surface area (Å²) in [6, 6.07) is 8.28. The summed E-state index contributed by atoms with van der Waals surface area (Å²) in [4.78, 5) is 21.6. The quantitative estimate of drug-likeness (QED) is 0.280. The summed E-state index contributed by atoms with van der Waals surface area (Å²) in [5.41, 5.74) is -0.173. The number of aromatic nitrogens is 1. The largest absolute Gasteiger partial charge is 0.616 e. The normalized spacial score (nSPS) is 10.1. The Morgan fingerprint density at radius 1 is 1.30 bits per heavy atom. The van der Waals surface area contributed by atoms with Crippen molar-refractivity contribution in [3.05, 3.63) is 63.5 Å². The summed E-state index contributed by atoms with van der Waals surface area (Å²) in [7, 11) is 0. The van der Waals surface area contributed by atoms with Gasteiger partial charge in [0.1, 0.15) is 0 Å². The highest BCUT2D eigenvalue weighted by Crippen LogP contribution is 2.31. The predicted molar refractivity (Wildman–Crippen MR) is 68.6 cm³/mol. The zero-order valence-corrected chi connectivity index (χ0v) is 10.5. The molecule has 0 atom stereocenters. The van der Waals surface area contributed by atoms with Gasteiger partial charge in [-0.2, -0.15) is 0 Å². The van der Waals surface area contributed by atoms with Crippen molar-refractivity contribution in [1.29, 1.82) is 0 Å². The lowest BCUT2D eigenvalue weighted by molar-refractivity contribution is -0.611. The maximum absolute atomic E-state index is 11.4. The second-order valence-electron chi connectivity index (χ2n) is 3.96. The molecule has 0 saturated carbocycles. The summed E-state index contributed by atoms with van der Waals surface area (Å²) < 4.78 is 5.68. The Kier molecular flexibility index (Phi) is 3.60. The second-order valence-corrected chi connectivity index (χ2v) is 3.96. The van der Waals surface area contributed by atoms with E-state index in [-0.39, 0.29) is 28.7 Å². The molecular formula is C13H10N2O5. The molecule has 0 spiro atoms. The number of carbonyl (C=O) groups excluding carboxylic acids is 1. The first kappa shape index (κ1) is 13.5. The average Bonchev–Trinajstić information content (AvgIpc) is 2.41. The van der Waals surface area contributed by atoms with Crippen LogP contribution in [-0.2, 0) is 0 Å². The molecule has 0 aliphatic carbocycles. The molecule has 1 heterocycles. The first-order chi connectivity index (χ1) is 9.49. The number of nitro benzene ring substituents is 1. The van der Waals surface area contributed by atoms with Crippen LogP contribution in [0.2, 0.25) is 0 Å². The Hall–Kier alpha value is -2.96. The standard InChI is InChI=1S/C13H10N2O5/c1-9(16)10-5-6-12(11(8-10)15(18)19)20-13-4-2-3-7-14(13)17/h2-8H,1H3. The van der Waals surface area contributed by atoms with Gasteiger partial charge in [-0.25, -0.2) is 0 Å². The summed E-state index contributed by atoms with van der Waals surface area (Å²) in [6.45, 7) is 1.31. The van der Waals surface area contributed by atoms with Crippen molar-refractivity contribution < 1.29 is 19.2 Å². The van der Waals surface area contributed by atoms with Crippen molar-refractivity contribution in [2.45, 2.75) is 6.92 Å². The van der Waals surface area contributed by atoms with E-state index < -0.39 is 4.92 Å². The molecule has 1 aromatic carbocycles. The van der Waals surface area contributed by atoms with E-state index in [9.17, 15) is 20.1 Å². The molecule has 2 aromatic rings. The minimum absolute atomic E-state index is 0.0915. The number of nitro groups is 1. The van der Waals surface area contributed by atoms with E-state index in [0.717, 1.165) is 6.07 Å². The number of benzene rings is 1. The molecule has 0 N–H and O–H groups in total. The van der Waals surface area contributed by atoms with Gasteiger partial charge in [0.25, 0.3) is 0 Å². The lowest BCUT2D eigenvalue weighted by Crippen LogP contribution is -2.26. The van der Waals surface area contributed by atoms with Crippen molar-refractivity contribution in [3.8, 4) is 11.6 Å². The van der Waals surface area contributed by atoms with E-state index in [1.165, 1.54) is 37.4 Å². The number of ketones is 1. The minimum atomic E-state index is -0.667. The van der Waals surface area contributed by atoms with E-state index in [4.69, 9.17) is 4.74 Å². The highest BCUT2D eigenvalue weighted by Gasteiger charge is 2.20. The fourth-order valence-corrected chi connectivity index (χ4v) is 1.57. The highest BCUT2D eigenvalue weighted by atomic mass is 16.6. The second kappa shape index (κ2) is 5.35. The topological polar surface area (TPSA) is 96.4 Å². The van der Waals surface area contributed by atoms with E-state index >= 15 is 0 Å². The first-order valence-electron chi connectivity index (χ1n) is 5.64. The number of rotatable bonds is 4. The number of hydrogen-bond acceptors (Lipinski definition) is 5. The molecule has 1 aromatic heterocycles. The van der Waals surface area contributed by atoms with Crippen LogP contribution < -0.4 is 9.47 Å². The van der Waals surface area contributed by atoms with Gasteiger partial charge in [0.05, 0.1) is 11.0 Å². The SMILES string of the molecule is CC(=O)c1ccc(Oc2cccc[n+]2[O-])c([N+](=O)[O-])c1. The number of ether oxygens (including phenoxy) is 1. The first-order valence-corrected chi connectivity index (χ1v) is 5.64. The summed E-state index contributed by atoms with van der Waals surface area (Å²) in [5, 5.41) is 22.4. The van der Waals surface area contributed by atoms with Crippen molar-refractivity contribution in [2.75, 3.05) is 0 Å². The molecule has 2 rings (SSSR count). The predicted octanol–water partition coefficient (Wildman–Crippen LogP) is 2.22. The molecule has 0 saturated heterocycles. The van der Waals surface area contributed by atoms with Crippen LogP contribution in [-0.4, -0.2) is 10.7 Å². The van der Waals surface area contributed by atoms with Crippen LogP contribution in [0.25, 0.3) is 0 Å². The van der Waals surface area contributed by atoms with Crippen LogP contribution in [0.3, 0.4) is 0 Å². The maximum Gasteiger partial charge on any atom is 0.385 e. The van der Waals surface area contributed by atoms with Crippen LogP contribution in [0.1, 0.15) is 17.3 Å². The van der Waals surface area contributed by atoms with Crippen molar-refractivity contribution in [3.63, 3.8) is 0 Å². The van der Waals surface area contributed by atoms with Gasteiger partial charge in [0.2, 0.25) is 5.75 Å². The fraction of sp³-hybridized carbons (Fsp3) is 0.0769. The third-order valence-electron chi connectivity index (χ3n) is 2.57. The number of hydrogen-bond donors (Lipinski definition) is 0. The van der Waals surface area contributed by atoms with Crippen LogP contribution in [0, 0.1) is 15.3 Å². The number of nitrogens with zero attached hydrogens (tertiary/aromatic N) is 2. The van der Waals surface area contributed by atoms with Gasteiger partial charge in [0, 0.05) is 17.7 Å². The number of pyridine rings is 1. The molecule has 0 bridgehead atoms. The van der Waals surface area contributed by atoms with E-state index in [1.807, 2.05) is 0 Å². The molecule has 20 heavy (non-hydrogen) atoms. The molecule has 7 heteroatoms. The van der Waals surface area contributed by atoms with Gasteiger partial charge in [-0.1, -0.05) is 0 Å². The average molecular weight is 274 g/mol. The third-order valence-corrected chi connectivity index (χ3v) is 2.57. The molecule has 0 amide bonds. The van der Waals surface area contributed by atoms with E-state index in [0.29, 0.717) is 4.73 Å². The van der Waals surface area contributed by atoms with Crippen molar-refractivity contribution >= 4 is 11.5 Å². The summed E-state index contributed by atoms with van der Waals surface area (Å²) in [6.07, 6.45) is 1.21. The molecule has 0 aliphatic rings. The Bertz CT molecular complexity index is 684. The van der Waals surface area contributed by atoms with Crippen molar-refractivity contribution in [2.24, 2.45) is 0 Å². The lowest BCUT2D eigenvalue weighted by atomic mass is 10.1. The molecule has 0 aliphatic heterocycles. The Morgan fingerprint density at radius 3 is 2.65 bits per heavy atom. The number of Topliss-reactive ketones (excluding diaryl/α,β-unsaturated/α-hetero) is 1. The number of carbonyl (C=O) groups is 1. The maximum atomic E-state index is 11.4. The van der Waals surface area contributed by atoms with Gasteiger partial charge in [0.15, 0.2) is 12.0 Å². The molecule has 0 radical (unpaired) electrons. The lowest BCUT2D eigenvalue weighted by Gasteiger charge is -2.06. The van der Waals surface area contributed by atoms with E-state index in [1.54, 1.807) is 6.07 Å². The Balaban J connectivity index is 2.44. The van der Waals surface area contributed by atoms with Crippen LogP contribution in [0.15, 0.2) is 42.6 Å². The van der Waals surface area contributed by atoms with Gasteiger partial charge in [-0.15, -0.1) is 4.73 Å². The monoisotopic (exact) mass is 274 g/mol. The molecule has 0 unspecified atom stereocenters. The zero-order chi connectivity index (χ0) is 14.7. The van der Waals surface area contributed by atoms with Gasteiger partial charge in [-0.3, -0.25) is 14.9 Å². The Morgan fingerprint density at radius 2 is 2.05 bits per heavy atom. The van der Waals surface area contributed by atoms with Crippen LogP contribution in [0.5, 0.6) is 11.6 Å². The van der Waals surface area contributed by atoms with Gasteiger partial charge in [-0.05, 0) is 25.1 Å². The zero-order valence-electron chi connectivity index (χ0n) is 10.5. The minimum Gasteiger partial charge on any atom is -0.616 e. The molecule has 102 valence electrons. The summed E-state index contributed by atoms with van der Waals surface area (Å²) in [5.74, 6) is -0.486. The third kappa shape index (κ3) is 2.72. The van der Waals surface area contributed by atoms with Gasteiger partial charge < -0.3 is 9.94 Å². The fourth-order valence-electron chi connectivity index (χ4n) is 1.57. The van der Waals surface area contributed by atoms with Crippen LogP contribution in [0.4, 0.5) is 5.69 Å². The molecule has 0 fully saturated rings. The van der Waals surface area contributed by atoms with Crippen molar-refractivity contribution in [1.82, 2.24) is 0 Å². The smallest absolute Gasteiger partial charge is 0.385 e.